The third-order valence-electron chi connectivity index (χ3n) is 0.491. The van der Waals surface area contributed by atoms with Gasteiger partial charge in [0, 0.05) is 0 Å². The molecule has 3 heteroatoms. The molecule has 0 aliphatic rings. The number of carbonyl (C=O) groups excluding carboxylic acids is 1. The van der Waals surface area contributed by atoms with Crippen LogP contribution >= 0.6 is 0 Å². The minimum Gasteiger partial charge on any atom is -0.491 e. The van der Waals surface area contributed by atoms with Crippen molar-refractivity contribution in [2.24, 2.45) is 0 Å². The number of ether oxygens (including phenoxy) is 2. The van der Waals surface area contributed by atoms with E-state index in [9.17, 15) is 4.79 Å². The lowest BCUT2D eigenvalue weighted by atomic mass is 10.8. The van der Waals surface area contributed by atoms with E-state index in [0.29, 0.717) is 6.29 Å². The number of rotatable bonds is 5. The van der Waals surface area contributed by atoms with Crippen molar-refractivity contribution >= 4 is 6.29 Å². The molecule has 0 aliphatic heterocycles. The summed E-state index contributed by atoms with van der Waals surface area (Å²) in [5, 5.41) is 0. The fraction of sp³-hybridized carbons (Fsp3) is 0.167. The van der Waals surface area contributed by atoms with Gasteiger partial charge >= 0.3 is 0 Å². The number of hydrogen-bond donors (Lipinski definition) is 0. The largest absolute Gasteiger partial charge is 0.491 e. The summed E-state index contributed by atoms with van der Waals surface area (Å²) in [7, 11) is 0. The molecule has 0 saturated carbocycles. The summed E-state index contributed by atoms with van der Waals surface area (Å²) in [5.41, 5.74) is 0. The third kappa shape index (κ3) is 6.75. The number of carbonyl (C=O) groups is 1. The van der Waals surface area contributed by atoms with Crippen LogP contribution in [0.3, 0.4) is 0 Å². The Morgan fingerprint density at radius 2 is 2.22 bits per heavy atom. The normalized spacial score (nSPS) is 8.89. The van der Waals surface area contributed by atoms with Crippen LogP contribution in [0.2, 0.25) is 0 Å². The molecule has 9 heavy (non-hydrogen) atoms. The van der Waals surface area contributed by atoms with Gasteiger partial charge < -0.3 is 9.47 Å². The first-order valence-corrected chi connectivity index (χ1v) is 2.38. The van der Waals surface area contributed by atoms with Gasteiger partial charge in [0.2, 0.25) is 0 Å². The second-order valence-corrected chi connectivity index (χ2v) is 1.07. The van der Waals surface area contributed by atoms with E-state index in [-0.39, 0.29) is 6.61 Å². The Kier molecular flexibility index (Phi) is 5.81. The predicted octanol–water partition coefficient (Wildman–Crippen LogP) is 0.833. The van der Waals surface area contributed by atoms with Crippen LogP contribution in [-0.2, 0) is 14.3 Å². The van der Waals surface area contributed by atoms with Crippen molar-refractivity contribution in [2.45, 2.75) is 0 Å². The van der Waals surface area contributed by atoms with E-state index in [2.05, 4.69) is 16.1 Å². The lowest BCUT2D eigenvalue weighted by molar-refractivity contribution is -0.110. The van der Waals surface area contributed by atoms with Gasteiger partial charge in [-0.25, -0.2) is 0 Å². The topological polar surface area (TPSA) is 35.5 Å². The van der Waals surface area contributed by atoms with Crippen molar-refractivity contribution in [1.82, 2.24) is 0 Å². The first-order valence-electron chi connectivity index (χ1n) is 2.38. The van der Waals surface area contributed by atoms with Crippen molar-refractivity contribution in [3.63, 3.8) is 0 Å². The average Bonchev–Trinajstić information content (AvgIpc) is 1.89. The molecule has 0 spiro atoms. The van der Waals surface area contributed by atoms with E-state index in [0.717, 1.165) is 0 Å². The van der Waals surface area contributed by atoms with Crippen molar-refractivity contribution in [1.29, 1.82) is 0 Å². The maximum atomic E-state index is 9.62. The zero-order valence-electron chi connectivity index (χ0n) is 4.95. The molecule has 0 amide bonds. The predicted molar refractivity (Wildman–Crippen MR) is 32.4 cm³/mol. The molecule has 0 atom stereocenters. The molecule has 0 saturated heterocycles. The monoisotopic (exact) mass is 128 g/mol. The molecule has 0 aromatic heterocycles. The molecule has 0 rings (SSSR count). The van der Waals surface area contributed by atoms with Gasteiger partial charge in [-0.05, 0) is 0 Å². The van der Waals surface area contributed by atoms with Gasteiger partial charge in [-0.15, -0.1) is 0 Å². The van der Waals surface area contributed by atoms with E-state index >= 15 is 0 Å². The van der Waals surface area contributed by atoms with Crippen molar-refractivity contribution in [3.8, 4) is 0 Å². The summed E-state index contributed by atoms with van der Waals surface area (Å²) in [6, 6.07) is 0. The fourth-order valence-electron chi connectivity index (χ4n) is 0.222. The zero-order valence-corrected chi connectivity index (χ0v) is 4.95. The highest BCUT2D eigenvalue weighted by atomic mass is 16.5. The fourth-order valence-corrected chi connectivity index (χ4v) is 0.222. The Morgan fingerprint density at radius 3 is 2.78 bits per heavy atom. The number of aldehydes is 1. The highest BCUT2D eigenvalue weighted by Gasteiger charge is 1.72. The maximum Gasteiger partial charge on any atom is 0.157 e. The lowest BCUT2D eigenvalue weighted by Crippen LogP contribution is -1.85. The highest BCUT2D eigenvalue weighted by molar-refractivity contribution is 5.50. The molecule has 0 radical (unpaired) electrons. The van der Waals surface area contributed by atoms with E-state index in [4.69, 9.17) is 0 Å². The van der Waals surface area contributed by atoms with Gasteiger partial charge in [0.1, 0.15) is 19.1 Å². The molecule has 0 unspecified atom stereocenters. The minimum absolute atomic E-state index is 0.0526. The second kappa shape index (κ2) is 6.75. The van der Waals surface area contributed by atoms with E-state index in [1.807, 2.05) is 0 Å². The summed E-state index contributed by atoms with van der Waals surface area (Å²) < 4.78 is 9.09. The highest BCUT2D eigenvalue weighted by Crippen LogP contribution is 1.77. The molecule has 0 N–H and O–H groups in total. The van der Waals surface area contributed by atoms with Gasteiger partial charge in [-0.2, -0.15) is 0 Å². The summed E-state index contributed by atoms with van der Waals surface area (Å²) in [6.07, 6.45) is 4.46. The molecule has 0 fully saturated rings. The third-order valence-corrected chi connectivity index (χ3v) is 0.491. The van der Waals surface area contributed by atoms with Crippen LogP contribution < -0.4 is 0 Å². The molecule has 0 heterocycles. The molecular formula is C6H8O3. The molecular weight excluding hydrogens is 120 g/mol. The van der Waals surface area contributed by atoms with Crippen LogP contribution in [0, 0.1) is 0 Å². The minimum atomic E-state index is 0.0526. The number of hydrogen-bond acceptors (Lipinski definition) is 3. The van der Waals surface area contributed by atoms with Gasteiger partial charge in [-0.3, -0.25) is 4.79 Å². The molecule has 0 aromatic rings. The first kappa shape index (κ1) is 7.75. The van der Waals surface area contributed by atoms with Gasteiger partial charge in [0.25, 0.3) is 0 Å². The molecule has 50 valence electrons. The van der Waals surface area contributed by atoms with Crippen molar-refractivity contribution in [3.05, 3.63) is 25.4 Å². The Bertz CT molecular complexity index is 107. The molecule has 3 nitrogen and oxygen atoms in total. The van der Waals surface area contributed by atoms with Gasteiger partial charge in [0.05, 0.1) is 6.26 Å². The summed E-state index contributed by atoms with van der Waals surface area (Å²) >= 11 is 0. The van der Waals surface area contributed by atoms with Crippen LogP contribution in [-0.4, -0.2) is 12.9 Å². The first-order chi connectivity index (χ1) is 4.41. The Labute approximate surface area is 53.6 Å². The van der Waals surface area contributed by atoms with Gasteiger partial charge in [-0.1, -0.05) is 6.58 Å². The Hall–Kier alpha value is -1.25. The van der Waals surface area contributed by atoms with E-state index in [1.165, 1.54) is 18.8 Å². The smallest absolute Gasteiger partial charge is 0.157 e. The van der Waals surface area contributed by atoms with Crippen LogP contribution in [0.15, 0.2) is 25.4 Å². The summed E-state index contributed by atoms with van der Waals surface area (Å²) in [4.78, 5) is 9.62. The molecule has 0 aliphatic carbocycles. The SMILES string of the molecule is C=COC=COCC=O. The Morgan fingerprint density at radius 1 is 1.44 bits per heavy atom. The van der Waals surface area contributed by atoms with E-state index < -0.39 is 0 Å². The van der Waals surface area contributed by atoms with Crippen LogP contribution in [0.4, 0.5) is 0 Å². The van der Waals surface area contributed by atoms with Crippen LogP contribution in [0.1, 0.15) is 0 Å². The van der Waals surface area contributed by atoms with Crippen molar-refractivity contribution in [2.75, 3.05) is 6.61 Å². The molecule has 0 bridgehead atoms. The van der Waals surface area contributed by atoms with Crippen molar-refractivity contribution < 1.29 is 14.3 Å². The molecule has 0 aromatic carbocycles. The lowest BCUT2D eigenvalue weighted by Gasteiger charge is -1.89. The summed E-state index contributed by atoms with van der Waals surface area (Å²) in [5.74, 6) is 0. The average molecular weight is 128 g/mol. The quantitative estimate of drug-likeness (QED) is 0.312. The second-order valence-electron chi connectivity index (χ2n) is 1.07. The van der Waals surface area contributed by atoms with Crippen LogP contribution in [0.5, 0.6) is 0 Å². The standard InChI is InChI=1S/C6H8O3/c1-2-8-5-6-9-4-3-7/h2-3,5-6H,1,4H2. The van der Waals surface area contributed by atoms with Crippen LogP contribution in [0.25, 0.3) is 0 Å². The Balaban J connectivity index is 3.03. The summed E-state index contributed by atoms with van der Waals surface area (Å²) in [6.45, 7) is 3.33. The van der Waals surface area contributed by atoms with Gasteiger partial charge in [0.15, 0.2) is 6.29 Å². The zero-order chi connectivity index (χ0) is 6.95. The maximum absolute atomic E-state index is 9.62. The van der Waals surface area contributed by atoms with E-state index in [1.54, 1.807) is 0 Å².